The number of nitrogens with zero attached hydrogens (tertiary/aromatic N) is 7. The van der Waals surface area contributed by atoms with Crippen molar-refractivity contribution in [1.82, 2.24) is 34.3 Å². The molecule has 4 aromatic carbocycles. The number of aryl methyl sites for hydroxylation is 2. The summed E-state index contributed by atoms with van der Waals surface area (Å²) in [4.78, 5) is 81.7. The highest BCUT2D eigenvalue weighted by Gasteiger charge is 2.84. The highest BCUT2D eigenvalue weighted by atomic mass is 16.7. The number of carbonyl (C=O) groups is 5. The lowest BCUT2D eigenvalue weighted by Crippen LogP contribution is -2.60. The van der Waals surface area contributed by atoms with Crippen LogP contribution >= 0.6 is 0 Å². The lowest BCUT2D eigenvalue weighted by molar-refractivity contribution is -0.166. The summed E-state index contributed by atoms with van der Waals surface area (Å²) in [5, 5.41) is 9.82. The number of carbonyl (C=O) groups excluding carboxylic acids is 5. The Bertz CT molecular complexity index is 2850. The van der Waals surface area contributed by atoms with Crippen molar-refractivity contribution in [3.8, 4) is 34.4 Å². The van der Waals surface area contributed by atoms with E-state index in [1.165, 1.54) is 7.11 Å². The summed E-state index contributed by atoms with van der Waals surface area (Å²) < 4.78 is 31.5. The molecular formula is C49H41N7O10. The number of amides is 4. The van der Waals surface area contributed by atoms with Gasteiger partial charge in [-0.15, -0.1) is 0 Å². The standard InChI is InChI=1S/C49H41N7O10/c1-26-32(22-54(50-26)30-10-6-4-7-11-30)42-38-40(46(59)52(44(38)57)20-28-14-16-34-36(18-28)65-24-63-34)49(48(61)62-3)41-39(43(56(42)49)33-23-55(51-27(33)2)31-12-8-5-9-13-31)45(58)53(47(41)60)21-29-15-17-35-37(19-29)66-25-64-35/h4-19,22-23,38-43H,20-21,24-25H2,1-3H3/t38-,39?,40-,41?,42-,43?,49?/m1/s1. The Morgan fingerprint density at radius 1 is 0.606 bits per heavy atom. The molecule has 6 aliphatic heterocycles. The van der Waals surface area contributed by atoms with Crippen LogP contribution in [0.15, 0.2) is 109 Å². The first-order valence-electron chi connectivity index (χ1n) is 21.7. The van der Waals surface area contributed by atoms with Gasteiger partial charge in [-0.05, 0) is 73.5 Å². The summed E-state index contributed by atoms with van der Waals surface area (Å²) >= 11 is 0. The van der Waals surface area contributed by atoms with E-state index in [0.717, 1.165) is 21.2 Å². The summed E-state index contributed by atoms with van der Waals surface area (Å²) in [5.74, 6) is -6.72. The van der Waals surface area contributed by atoms with E-state index in [2.05, 4.69) is 0 Å². The number of hydrogen-bond donors (Lipinski definition) is 0. The van der Waals surface area contributed by atoms with Crippen LogP contribution in [0.3, 0.4) is 0 Å². The zero-order valence-electron chi connectivity index (χ0n) is 35.9. The van der Waals surface area contributed by atoms with Crippen LogP contribution in [0.1, 0.15) is 45.7 Å². The first kappa shape index (κ1) is 39.8. The minimum atomic E-state index is -2.17. The SMILES string of the molecule is COC(=O)C12C3C(=O)N(Cc4ccc5c(c4)OCO5)C(=O)C3C(c3cn(-c4ccccc4)nc3C)N1[C@H](c1cn(-c3ccccc3)nc1C)[C@@H]1C(=O)N(Cc3ccc4c(c3)OCO4)C(=O)[C@@H]12. The van der Waals surface area contributed by atoms with Crippen molar-refractivity contribution in [3.05, 3.63) is 143 Å². The zero-order chi connectivity index (χ0) is 45.2. The van der Waals surface area contributed by atoms with E-state index < -0.39 is 70.9 Å². The van der Waals surface area contributed by atoms with E-state index in [-0.39, 0.29) is 26.7 Å². The van der Waals surface area contributed by atoms with E-state index >= 15 is 24.0 Å². The Balaban J connectivity index is 1.07. The summed E-state index contributed by atoms with van der Waals surface area (Å²) in [6.45, 7) is 3.37. The van der Waals surface area contributed by atoms with Crippen molar-refractivity contribution in [2.24, 2.45) is 23.7 Å². The van der Waals surface area contributed by atoms with Crippen LogP contribution in [-0.4, -0.2) is 90.1 Å². The predicted octanol–water partition coefficient (Wildman–Crippen LogP) is 4.76. The van der Waals surface area contributed by atoms with Gasteiger partial charge in [0.2, 0.25) is 37.2 Å². The van der Waals surface area contributed by atoms with E-state index in [1.54, 1.807) is 63.1 Å². The molecule has 4 saturated heterocycles. The number of aromatic nitrogens is 4. The minimum absolute atomic E-state index is 0.0333. The molecule has 0 saturated carbocycles. The number of benzene rings is 4. The maximum Gasteiger partial charge on any atom is 0.328 e. The molecule has 4 unspecified atom stereocenters. The van der Waals surface area contributed by atoms with Crippen LogP contribution in [0.4, 0.5) is 0 Å². The van der Waals surface area contributed by atoms with Gasteiger partial charge >= 0.3 is 5.97 Å². The van der Waals surface area contributed by atoms with Crippen molar-refractivity contribution in [1.29, 1.82) is 0 Å². The van der Waals surface area contributed by atoms with Gasteiger partial charge in [-0.3, -0.25) is 33.9 Å². The molecule has 12 rings (SSSR count). The summed E-state index contributed by atoms with van der Waals surface area (Å²) in [6.07, 6.45) is 3.61. The Morgan fingerprint density at radius 3 is 1.45 bits per heavy atom. The van der Waals surface area contributed by atoms with Gasteiger partial charge in [0.25, 0.3) is 0 Å². The summed E-state index contributed by atoms with van der Waals surface area (Å²) in [6, 6.07) is 27.1. The topological polar surface area (TPSA) is 177 Å². The second-order valence-electron chi connectivity index (χ2n) is 17.4. The maximum atomic E-state index is 15.6. The van der Waals surface area contributed by atoms with Crippen LogP contribution in [0.25, 0.3) is 11.4 Å². The molecule has 4 amide bonds. The largest absolute Gasteiger partial charge is 0.468 e. The number of rotatable bonds is 9. The number of para-hydroxylation sites is 2. The second kappa shape index (κ2) is 14.6. The molecule has 332 valence electrons. The summed E-state index contributed by atoms with van der Waals surface area (Å²) in [7, 11) is 1.20. The molecule has 0 aliphatic carbocycles. The van der Waals surface area contributed by atoms with Crippen molar-refractivity contribution in [2.75, 3.05) is 20.7 Å². The Hall–Kier alpha value is -7.79. The van der Waals surface area contributed by atoms with E-state index in [9.17, 15) is 0 Å². The van der Waals surface area contributed by atoms with Gasteiger partial charge in [0, 0.05) is 23.5 Å². The van der Waals surface area contributed by atoms with Gasteiger partial charge in [-0.25, -0.2) is 14.2 Å². The highest BCUT2D eigenvalue weighted by Crippen LogP contribution is 2.70. The number of fused-ring (bicyclic) bond motifs is 7. The van der Waals surface area contributed by atoms with Crippen molar-refractivity contribution < 1.29 is 47.7 Å². The monoisotopic (exact) mass is 887 g/mol. The molecule has 17 nitrogen and oxygen atoms in total. The molecule has 0 spiro atoms. The normalized spacial score (nSPS) is 25.8. The lowest BCUT2D eigenvalue weighted by atomic mass is 9.69. The molecule has 0 bridgehead atoms. The van der Waals surface area contributed by atoms with Gasteiger partial charge in [-0.1, -0.05) is 48.5 Å². The van der Waals surface area contributed by atoms with E-state index in [4.69, 9.17) is 33.9 Å². The first-order valence-corrected chi connectivity index (χ1v) is 21.7. The highest BCUT2D eigenvalue weighted by molar-refractivity contribution is 6.15. The van der Waals surface area contributed by atoms with Crippen LogP contribution in [0.5, 0.6) is 23.0 Å². The van der Waals surface area contributed by atoms with Gasteiger partial charge in [0.1, 0.15) is 5.54 Å². The fourth-order valence-electron chi connectivity index (χ4n) is 11.5. The number of esters is 1. The molecule has 0 N–H and O–H groups in total. The molecule has 6 aromatic rings. The second-order valence-corrected chi connectivity index (χ2v) is 17.4. The van der Waals surface area contributed by atoms with Crippen molar-refractivity contribution >= 4 is 29.6 Å². The van der Waals surface area contributed by atoms with Crippen LogP contribution < -0.4 is 18.9 Å². The molecule has 7 atom stereocenters. The van der Waals surface area contributed by atoms with Crippen LogP contribution in [-0.2, 0) is 41.8 Å². The van der Waals surface area contributed by atoms with Crippen LogP contribution in [0.2, 0.25) is 0 Å². The van der Waals surface area contributed by atoms with Gasteiger partial charge in [0.15, 0.2) is 23.0 Å². The molecule has 17 heteroatoms. The molecule has 6 aliphatic rings. The first-order chi connectivity index (χ1) is 32.1. The predicted molar refractivity (Wildman–Crippen MR) is 229 cm³/mol. The Morgan fingerprint density at radius 2 is 1.03 bits per heavy atom. The Kier molecular flexibility index (Phi) is 8.81. The van der Waals surface area contributed by atoms with E-state index in [0.29, 0.717) is 56.6 Å². The third kappa shape index (κ3) is 5.52. The zero-order valence-corrected chi connectivity index (χ0v) is 35.9. The molecule has 8 heterocycles. The quantitative estimate of drug-likeness (QED) is 0.144. The smallest absolute Gasteiger partial charge is 0.328 e. The molecule has 0 radical (unpaired) electrons. The lowest BCUT2D eigenvalue weighted by Gasteiger charge is -2.41. The molecular weight excluding hydrogens is 847 g/mol. The molecule has 66 heavy (non-hydrogen) atoms. The van der Waals surface area contributed by atoms with Gasteiger partial charge in [0.05, 0.1) is 78.7 Å². The average molecular weight is 888 g/mol. The number of imide groups is 2. The number of likely N-dealkylation sites (tertiary alicyclic amines) is 2. The van der Waals surface area contributed by atoms with E-state index in [1.807, 2.05) is 74.5 Å². The minimum Gasteiger partial charge on any atom is -0.468 e. The molecule has 2 aromatic heterocycles. The molecule has 4 fully saturated rings. The number of ether oxygens (including phenoxy) is 5. The maximum absolute atomic E-state index is 15.6. The summed E-state index contributed by atoms with van der Waals surface area (Å²) in [5.41, 5.74) is 2.60. The number of methoxy groups -OCH3 is 1. The van der Waals surface area contributed by atoms with Crippen molar-refractivity contribution in [3.63, 3.8) is 0 Å². The number of hydrogen-bond acceptors (Lipinski definition) is 13. The van der Waals surface area contributed by atoms with Crippen LogP contribution in [0, 0.1) is 37.5 Å². The van der Waals surface area contributed by atoms with Gasteiger partial charge in [-0.2, -0.15) is 10.2 Å². The van der Waals surface area contributed by atoms with Gasteiger partial charge < -0.3 is 23.7 Å². The Labute approximate surface area is 376 Å². The fourth-order valence-corrected chi connectivity index (χ4v) is 11.5. The van der Waals surface area contributed by atoms with Crippen molar-refractivity contribution in [2.45, 2.75) is 44.6 Å². The fraction of sp³-hybridized carbons (Fsp3) is 0.286. The third-order valence-corrected chi connectivity index (χ3v) is 14.2. The average Bonchev–Trinajstić information content (AvgIpc) is 4.22. The third-order valence-electron chi connectivity index (χ3n) is 14.2.